The molecule has 0 fully saturated rings. The molecule has 0 aliphatic rings. The molecule has 2 amide bonds. The van der Waals surface area contributed by atoms with Crippen LogP contribution in [0.1, 0.15) is 34.0 Å². The smallest absolute Gasteiger partial charge is 0.326 e. The average molecular weight is 398 g/mol. The molecule has 0 unspecified atom stereocenters. The minimum atomic E-state index is -1.00. The molecule has 29 heavy (non-hydrogen) atoms. The minimum Gasteiger partial charge on any atom is -0.497 e. The summed E-state index contributed by atoms with van der Waals surface area (Å²) < 4.78 is 10.2. The maximum Gasteiger partial charge on any atom is 0.326 e. The first-order valence-corrected chi connectivity index (χ1v) is 9.21. The summed E-state index contributed by atoms with van der Waals surface area (Å²) in [5.41, 5.74) is 4.02. The molecular formula is C22H26N2O5. The van der Waals surface area contributed by atoms with E-state index in [-0.39, 0.29) is 6.54 Å². The zero-order valence-corrected chi connectivity index (χ0v) is 17.3. The molecule has 2 rings (SSSR count). The summed E-state index contributed by atoms with van der Waals surface area (Å²) in [6.07, 6.45) is -1.00. The van der Waals surface area contributed by atoms with Crippen LogP contribution in [0.5, 0.6) is 5.75 Å². The van der Waals surface area contributed by atoms with E-state index >= 15 is 0 Å². The molecule has 1 atom stereocenters. The van der Waals surface area contributed by atoms with Gasteiger partial charge in [-0.1, -0.05) is 23.8 Å². The van der Waals surface area contributed by atoms with Gasteiger partial charge in [0.05, 0.1) is 7.11 Å². The number of anilines is 1. The number of hydrogen-bond donors (Lipinski definition) is 2. The standard InChI is InChI=1S/C22H26N2O5/c1-13-9-14(2)20(15(3)10-13)24-21(26)16(4)29-19(25)12-23-22(27)17-7-6-8-18(11-17)28-5/h6-11,16H,12H2,1-5H3,(H,23,27)(H,24,26)/t16-/m1/s1. The fourth-order valence-electron chi connectivity index (χ4n) is 2.91. The molecule has 7 nitrogen and oxygen atoms in total. The van der Waals surface area contributed by atoms with Gasteiger partial charge >= 0.3 is 5.97 Å². The van der Waals surface area contributed by atoms with Crippen molar-refractivity contribution < 1.29 is 23.9 Å². The lowest BCUT2D eigenvalue weighted by Crippen LogP contribution is -2.36. The Morgan fingerprint density at radius 3 is 2.31 bits per heavy atom. The molecule has 0 aliphatic carbocycles. The zero-order chi connectivity index (χ0) is 21.6. The third-order valence-corrected chi connectivity index (χ3v) is 4.33. The van der Waals surface area contributed by atoms with E-state index in [1.54, 1.807) is 24.3 Å². The second-order valence-electron chi connectivity index (χ2n) is 6.81. The summed E-state index contributed by atoms with van der Waals surface area (Å²) in [4.78, 5) is 36.5. The van der Waals surface area contributed by atoms with Crippen LogP contribution in [-0.2, 0) is 14.3 Å². The Bertz CT molecular complexity index is 900. The lowest BCUT2D eigenvalue weighted by molar-refractivity contribution is -0.152. The molecule has 7 heteroatoms. The van der Waals surface area contributed by atoms with Gasteiger partial charge in [-0.15, -0.1) is 0 Å². The number of esters is 1. The Morgan fingerprint density at radius 2 is 1.69 bits per heavy atom. The van der Waals surface area contributed by atoms with Crippen LogP contribution in [0.2, 0.25) is 0 Å². The van der Waals surface area contributed by atoms with Gasteiger partial charge < -0.3 is 20.1 Å². The molecule has 0 heterocycles. The van der Waals surface area contributed by atoms with E-state index in [0.717, 1.165) is 16.7 Å². The van der Waals surface area contributed by atoms with Crippen molar-refractivity contribution >= 4 is 23.5 Å². The summed E-state index contributed by atoms with van der Waals surface area (Å²) in [5, 5.41) is 5.26. The van der Waals surface area contributed by atoms with E-state index in [1.807, 2.05) is 32.9 Å². The van der Waals surface area contributed by atoms with Crippen molar-refractivity contribution in [2.24, 2.45) is 0 Å². The van der Waals surface area contributed by atoms with Crippen LogP contribution < -0.4 is 15.4 Å². The van der Waals surface area contributed by atoms with Gasteiger partial charge in [-0.25, -0.2) is 0 Å². The van der Waals surface area contributed by atoms with Gasteiger partial charge in [-0.05, 0) is 57.0 Å². The average Bonchev–Trinajstić information content (AvgIpc) is 2.68. The molecule has 0 aliphatic heterocycles. The molecule has 0 bridgehead atoms. The Morgan fingerprint density at radius 1 is 1.03 bits per heavy atom. The van der Waals surface area contributed by atoms with Gasteiger partial charge in [0.25, 0.3) is 11.8 Å². The molecule has 2 N–H and O–H groups in total. The molecule has 0 aromatic heterocycles. The predicted octanol–water partition coefficient (Wildman–Crippen LogP) is 2.92. The van der Waals surface area contributed by atoms with Gasteiger partial charge in [-0.2, -0.15) is 0 Å². The minimum absolute atomic E-state index is 0.351. The van der Waals surface area contributed by atoms with Crippen molar-refractivity contribution in [1.29, 1.82) is 0 Å². The van der Waals surface area contributed by atoms with Crippen molar-refractivity contribution in [3.05, 3.63) is 58.7 Å². The molecule has 0 spiro atoms. The highest BCUT2D eigenvalue weighted by atomic mass is 16.5. The van der Waals surface area contributed by atoms with Crippen molar-refractivity contribution in [2.45, 2.75) is 33.8 Å². The fourth-order valence-corrected chi connectivity index (χ4v) is 2.91. The first kappa shape index (κ1) is 21.9. The Hall–Kier alpha value is -3.35. The van der Waals surface area contributed by atoms with Crippen LogP contribution in [0.4, 0.5) is 5.69 Å². The van der Waals surface area contributed by atoms with Gasteiger partial charge in [-0.3, -0.25) is 14.4 Å². The first-order valence-electron chi connectivity index (χ1n) is 9.21. The molecule has 2 aromatic rings. The van der Waals surface area contributed by atoms with Crippen molar-refractivity contribution in [3.63, 3.8) is 0 Å². The van der Waals surface area contributed by atoms with E-state index in [2.05, 4.69) is 10.6 Å². The number of methoxy groups -OCH3 is 1. The third kappa shape index (κ3) is 6.07. The fraction of sp³-hybridized carbons (Fsp3) is 0.318. The molecule has 2 aromatic carbocycles. The number of rotatable bonds is 7. The maximum atomic E-state index is 12.4. The third-order valence-electron chi connectivity index (χ3n) is 4.33. The van der Waals surface area contributed by atoms with Gasteiger partial charge in [0.1, 0.15) is 12.3 Å². The second-order valence-corrected chi connectivity index (χ2v) is 6.81. The van der Waals surface area contributed by atoms with Crippen LogP contribution >= 0.6 is 0 Å². The maximum absolute atomic E-state index is 12.4. The van der Waals surface area contributed by atoms with E-state index < -0.39 is 23.9 Å². The van der Waals surface area contributed by atoms with Crippen LogP contribution in [0.15, 0.2) is 36.4 Å². The van der Waals surface area contributed by atoms with Crippen molar-refractivity contribution in [2.75, 3.05) is 19.0 Å². The number of aryl methyl sites for hydroxylation is 3. The SMILES string of the molecule is COc1cccc(C(=O)NCC(=O)O[C@H](C)C(=O)Nc2c(C)cc(C)cc2C)c1. The number of ether oxygens (including phenoxy) is 2. The summed E-state index contributed by atoms with van der Waals surface area (Å²) >= 11 is 0. The number of benzene rings is 2. The number of carbonyl (C=O) groups is 3. The molecule has 0 saturated heterocycles. The highest BCUT2D eigenvalue weighted by Crippen LogP contribution is 2.22. The Kier molecular flexibility index (Phi) is 7.36. The topological polar surface area (TPSA) is 93.7 Å². The van der Waals surface area contributed by atoms with Crippen LogP contribution in [0.25, 0.3) is 0 Å². The largest absolute Gasteiger partial charge is 0.497 e. The normalized spacial score (nSPS) is 11.3. The van der Waals surface area contributed by atoms with E-state index in [9.17, 15) is 14.4 Å². The van der Waals surface area contributed by atoms with Crippen LogP contribution in [0.3, 0.4) is 0 Å². The summed E-state index contributed by atoms with van der Waals surface area (Å²) in [6.45, 7) is 6.92. The van der Waals surface area contributed by atoms with E-state index in [0.29, 0.717) is 17.0 Å². The molecule has 154 valence electrons. The summed E-state index contributed by atoms with van der Waals surface area (Å²) in [6, 6.07) is 10.5. The van der Waals surface area contributed by atoms with Crippen molar-refractivity contribution in [1.82, 2.24) is 5.32 Å². The molecule has 0 radical (unpaired) electrons. The second kappa shape index (κ2) is 9.73. The first-order chi connectivity index (χ1) is 13.7. The lowest BCUT2D eigenvalue weighted by atomic mass is 10.0. The molecular weight excluding hydrogens is 372 g/mol. The van der Waals surface area contributed by atoms with Crippen LogP contribution in [-0.4, -0.2) is 37.5 Å². The predicted molar refractivity (Wildman–Crippen MR) is 110 cm³/mol. The summed E-state index contributed by atoms with van der Waals surface area (Å²) in [7, 11) is 1.50. The summed E-state index contributed by atoms with van der Waals surface area (Å²) in [5.74, 6) is -1.05. The lowest BCUT2D eigenvalue weighted by Gasteiger charge is -2.17. The Balaban J connectivity index is 1.88. The van der Waals surface area contributed by atoms with Gasteiger partial charge in [0.2, 0.25) is 0 Å². The van der Waals surface area contributed by atoms with Crippen molar-refractivity contribution in [3.8, 4) is 5.75 Å². The highest BCUT2D eigenvalue weighted by Gasteiger charge is 2.20. The van der Waals surface area contributed by atoms with Gasteiger partial charge in [0.15, 0.2) is 6.10 Å². The number of carbonyl (C=O) groups excluding carboxylic acids is 3. The monoisotopic (exact) mass is 398 g/mol. The van der Waals surface area contributed by atoms with E-state index in [1.165, 1.54) is 14.0 Å². The highest BCUT2D eigenvalue weighted by molar-refractivity contribution is 5.98. The quantitative estimate of drug-likeness (QED) is 0.700. The number of amides is 2. The van der Waals surface area contributed by atoms with Crippen LogP contribution in [0, 0.1) is 20.8 Å². The van der Waals surface area contributed by atoms with Gasteiger partial charge in [0, 0.05) is 11.3 Å². The number of nitrogens with one attached hydrogen (secondary N) is 2. The molecule has 0 saturated carbocycles. The Labute approximate surface area is 170 Å². The zero-order valence-electron chi connectivity index (χ0n) is 17.3. The number of hydrogen-bond acceptors (Lipinski definition) is 5. The van der Waals surface area contributed by atoms with E-state index in [4.69, 9.17) is 9.47 Å².